The highest BCUT2D eigenvalue weighted by Gasteiger charge is 2.12. The number of nitrogens with one attached hydrogen (secondary N) is 1. The number of rotatable bonds is 5. The quantitative estimate of drug-likeness (QED) is 0.349. The smallest absolute Gasteiger partial charge is 0.149 e. The highest BCUT2D eigenvalue weighted by molar-refractivity contribution is 6.00. The van der Waals surface area contributed by atoms with Crippen LogP contribution in [0.1, 0.15) is 17.0 Å². The second-order valence-electron chi connectivity index (χ2n) is 7.25. The Morgan fingerprint density at radius 3 is 2.52 bits per heavy atom. The summed E-state index contributed by atoms with van der Waals surface area (Å²) in [5.41, 5.74) is 4.14. The molecule has 0 unspecified atom stereocenters. The number of para-hydroxylation sites is 2. The number of nitriles is 1. The minimum atomic E-state index is 0.451. The molecule has 0 amide bonds. The summed E-state index contributed by atoms with van der Waals surface area (Å²) >= 11 is 0. The third-order valence-corrected chi connectivity index (χ3v) is 5.22. The number of fused-ring (bicyclic) bond motifs is 2. The van der Waals surface area contributed by atoms with E-state index >= 15 is 0 Å². The number of imidazole rings is 1. The number of H-pyrrole nitrogens is 1. The molecule has 1 N–H and O–H groups in total. The van der Waals surface area contributed by atoms with Crippen molar-refractivity contribution in [1.29, 1.82) is 5.26 Å². The van der Waals surface area contributed by atoms with Crippen LogP contribution in [-0.2, 0) is 6.61 Å². The van der Waals surface area contributed by atoms with Gasteiger partial charge in [0, 0.05) is 5.56 Å². The van der Waals surface area contributed by atoms with E-state index in [2.05, 4.69) is 22.1 Å². The third kappa shape index (κ3) is 3.77. The van der Waals surface area contributed by atoms with Gasteiger partial charge in [-0.3, -0.25) is 0 Å². The average Bonchev–Trinajstić information content (AvgIpc) is 3.26. The van der Waals surface area contributed by atoms with Crippen LogP contribution >= 0.6 is 0 Å². The summed E-state index contributed by atoms with van der Waals surface area (Å²) < 4.78 is 6.19. The summed E-state index contributed by atoms with van der Waals surface area (Å²) in [6, 6.07) is 32.2. The van der Waals surface area contributed by atoms with Gasteiger partial charge in [0.25, 0.3) is 0 Å². The molecule has 4 aromatic carbocycles. The van der Waals surface area contributed by atoms with Crippen LogP contribution in [0.4, 0.5) is 0 Å². The third-order valence-electron chi connectivity index (χ3n) is 5.22. The first-order valence-corrected chi connectivity index (χ1v) is 10.1. The maximum Gasteiger partial charge on any atom is 0.149 e. The molecular formula is C27H19N3O. The highest BCUT2D eigenvalue weighted by atomic mass is 16.5. The van der Waals surface area contributed by atoms with Crippen molar-refractivity contribution in [2.75, 3.05) is 0 Å². The van der Waals surface area contributed by atoms with Gasteiger partial charge >= 0.3 is 0 Å². The molecule has 0 aliphatic rings. The molecule has 31 heavy (non-hydrogen) atoms. The van der Waals surface area contributed by atoms with Gasteiger partial charge in [0.15, 0.2) is 0 Å². The molecule has 0 bridgehead atoms. The lowest BCUT2D eigenvalue weighted by molar-refractivity contribution is 0.306. The number of benzene rings is 4. The lowest BCUT2D eigenvalue weighted by Crippen LogP contribution is -1.98. The van der Waals surface area contributed by atoms with Crippen molar-refractivity contribution in [3.63, 3.8) is 0 Å². The van der Waals surface area contributed by atoms with Crippen molar-refractivity contribution in [2.24, 2.45) is 0 Å². The Balaban J connectivity index is 1.61. The minimum Gasteiger partial charge on any atom is -0.488 e. The standard InChI is InChI=1S/C27H19N3O/c28-17-21(27-29-24-12-6-7-13-25(24)30-27)16-23-22-11-5-4-10-20(22)14-15-26(23)31-18-19-8-2-1-3-9-19/h1-16H,18H2,(H,29,30)/b21-16+. The molecule has 0 aliphatic heterocycles. The van der Waals surface area contributed by atoms with Gasteiger partial charge in [0.2, 0.25) is 0 Å². The second-order valence-corrected chi connectivity index (χ2v) is 7.25. The van der Waals surface area contributed by atoms with Gasteiger partial charge in [-0.2, -0.15) is 5.26 Å². The van der Waals surface area contributed by atoms with E-state index in [9.17, 15) is 5.26 Å². The summed E-state index contributed by atoms with van der Waals surface area (Å²) in [6.07, 6.45) is 1.86. The first-order chi connectivity index (χ1) is 15.3. The van der Waals surface area contributed by atoms with Crippen LogP contribution in [0.25, 0.3) is 33.5 Å². The van der Waals surface area contributed by atoms with Gasteiger partial charge in [0.05, 0.1) is 16.6 Å². The number of aromatic nitrogens is 2. The van der Waals surface area contributed by atoms with Gasteiger partial charge in [-0.05, 0) is 40.6 Å². The maximum absolute atomic E-state index is 9.92. The molecular weight excluding hydrogens is 382 g/mol. The lowest BCUT2D eigenvalue weighted by atomic mass is 10.0. The molecule has 5 aromatic rings. The Morgan fingerprint density at radius 1 is 0.903 bits per heavy atom. The molecule has 0 aliphatic carbocycles. The molecule has 0 radical (unpaired) electrons. The summed E-state index contributed by atoms with van der Waals surface area (Å²) in [7, 11) is 0. The molecule has 0 saturated heterocycles. The Hall–Kier alpha value is -4.36. The Morgan fingerprint density at radius 2 is 1.68 bits per heavy atom. The molecule has 4 heteroatoms. The van der Waals surface area contributed by atoms with Crippen LogP contribution < -0.4 is 4.74 Å². The molecule has 148 valence electrons. The SMILES string of the molecule is N#C/C(=C\c1c(OCc2ccccc2)ccc2ccccc12)c1nc2ccccc2[nH]1. The van der Waals surface area contributed by atoms with Gasteiger partial charge in [-0.1, -0.05) is 72.8 Å². The fraction of sp³-hybridized carbons (Fsp3) is 0.0370. The Kier molecular flexibility index (Phi) is 4.92. The van der Waals surface area contributed by atoms with Crippen molar-refractivity contribution in [2.45, 2.75) is 6.61 Å². The van der Waals surface area contributed by atoms with Crippen molar-refractivity contribution >= 4 is 33.5 Å². The molecule has 0 spiro atoms. The van der Waals surface area contributed by atoms with Crippen LogP contribution in [0, 0.1) is 11.3 Å². The van der Waals surface area contributed by atoms with Gasteiger partial charge < -0.3 is 9.72 Å². The molecule has 4 nitrogen and oxygen atoms in total. The van der Waals surface area contributed by atoms with Crippen molar-refractivity contribution in [3.05, 3.63) is 108 Å². The summed E-state index contributed by atoms with van der Waals surface area (Å²) in [5.74, 6) is 1.28. The van der Waals surface area contributed by atoms with Crippen LogP contribution in [0.5, 0.6) is 5.75 Å². The second kappa shape index (κ2) is 8.17. The molecule has 1 heterocycles. The van der Waals surface area contributed by atoms with Gasteiger partial charge in [-0.25, -0.2) is 4.98 Å². The fourth-order valence-electron chi connectivity index (χ4n) is 3.66. The zero-order chi connectivity index (χ0) is 21.0. The lowest BCUT2D eigenvalue weighted by Gasteiger charge is -2.12. The largest absolute Gasteiger partial charge is 0.488 e. The van der Waals surface area contributed by atoms with Gasteiger partial charge in [-0.15, -0.1) is 0 Å². The molecule has 0 fully saturated rings. The predicted octanol–water partition coefficient (Wildman–Crippen LogP) is 6.36. The normalized spacial score (nSPS) is 11.5. The minimum absolute atomic E-state index is 0.451. The molecule has 0 saturated carbocycles. The summed E-state index contributed by atoms with van der Waals surface area (Å²) in [6.45, 7) is 0.451. The number of hydrogen-bond acceptors (Lipinski definition) is 3. The Labute approximate surface area is 180 Å². The molecule has 5 rings (SSSR count). The molecule has 1 aromatic heterocycles. The van der Waals surface area contributed by atoms with E-state index in [4.69, 9.17) is 4.74 Å². The van der Waals surface area contributed by atoms with Crippen LogP contribution in [-0.4, -0.2) is 9.97 Å². The first-order valence-electron chi connectivity index (χ1n) is 10.1. The first kappa shape index (κ1) is 18.7. The number of ether oxygens (including phenoxy) is 1. The topological polar surface area (TPSA) is 61.7 Å². The van der Waals surface area contributed by atoms with E-state index < -0.39 is 0 Å². The average molecular weight is 401 g/mol. The monoisotopic (exact) mass is 401 g/mol. The Bertz CT molecular complexity index is 1410. The van der Waals surface area contributed by atoms with Crippen molar-refractivity contribution < 1.29 is 4.74 Å². The van der Waals surface area contributed by atoms with E-state index in [1.807, 2.05) is 91.0 Å². The fourth-order valence-corrected chi connectivity index (χ4v) is 3.66. The number of aromatic amines is 1. The zero-order valence-electron chi connectivity index (χ0n) is 16.7. The predicted molar refractivity (Wildman–Crippen MR) is 124 cm³/mol. The van der Waals surface area contributed by atoms with Crippen LogP contribution in [0.2, 0.25) is 0 Å². The van der Waals surface area contributed by atoms with E-state index in [1.165, 1.54) is 0 Å². The van der Waals surface area contributed by atoms with Crippen molar-refractivity contribution in [3.8, 4) is 11.8 Å². The number of allylic oxidation sites excluding steroid dienone is 1. The van der Waals surface area contributed by atoms with Crippen LogP contribution in [0.3, 0.4) is 0 Å². The summed E-state index contributed by atoms with van der Waals surface area (Å²) in [4.78, 5) is 7.85. The zero-order valence-corrected chi connectivity index (χ0v) is 16.7. The van der Waals surface area contributed by atoms with Gasteiger partial charge in [0.1, 0.15) is 24.3 Å². The molecule has 0 atom stereocenters. The highest BCUT2D eigenvalue weighted by Crippen LogP contribution is 2.32. The van der Waals surface area contributed by atoms with Crippen molar-refractivity contribution in [1.82, 2.24) is 9.97 Å². The van der Waals surface area contributed by atoms with E-state index in [0.29, 0.717) is 18.0 Å². The number of hydrogen-bond donors (Lipinski definition) is 1. The van der Waals surface area contributed by atoms with E-state index in [-0.39, 0.29) is 0 Å². The summed E-state index contributed by atoms with van der Waals surface area (Å²) in [5, 5.41) is 12.0. The number of nitrogens with zero attached hydrogens (tertiary/aromatic N) is 2. The maximum atomic E-state index is 9.92. The van der Waals surface area contributed by atoms with E-state index in [1.54, 1.807) is 0 Å². The van der Waals surface area contributed by atoms with E-state index in [0.717, 1.165) is 38.7 Å². The van der Waals surface area contributed by atoms with Crippen LogP contribution in [0.15, 0.2) is 91.0 Å².